The van der Waals surface area contributed by atoms with Gasteiger partial charge in [-0.15, -0.1) is 0 Å². The second kappa shape index (κ2) is 5.56. The molecule has 3 N–H and O–H groups in total. The summed E-state index contributed by atoms with van der Waals surface area (Å²) in [4.78, 5) is 21.7. The van der Waals surface area contributed by atoms with Gasteiger partial charge in [-0.25, -0.2) is 0 Å². The molecule has 0 aliphatic carbocycles. The topological polar surface area (TPSA) is 72.2 Å². The predicted molar refractivity (Wildman–Crippen MR) is 50.9 cm³/mol. The molecule has 76 valence electrons. The van der Waals surface area contributed by atoms with E-state index in [-0.39, 0.29) is 5.91 Å². The van der Waals surface area contributed by atoms with Crippen LogP contribution in [-0.4, -0.2) is 17.9 Å². The summed E-state index contributed by atoms with van der Waals surface area (Å²) in [6.07, 6.45) is 1.28. The molecule has 0 aliphatic rings. The molecule has 0 saturated carbocycles. The summed E-state index contributed by atoms with van der Waals surface area (Å²) < 4.78 is 0. The quantitative estimate of drug-likeness (QED) is 0.652. The van der Waals surface area contributed by atoms with Crippen LogP contribution in [0.1, 0.15) is 33.6 Å². The van der Waals surface area contributed by atoms with E-state index in [1.807, 2.05) is 13.8 Å². The minimum Gasteiger partial charge on any atom is -0.368 e. The molecule has 0 heterocycles. The molecule has 0 radical (unpaired) electrons. The van der Waals surface area contributed by atoms with Crippen molar-refractivity contribution < 1.29 is 9.59 Å². The van der Waals surface area contributed by atoms with E-state index in [4.69, 9.17) is 5.73 Å². The van der Waals surface area contributed by atoms with Gasteiger partial charge in [-0.2, -0.15) is 0 Å². The normalized spacial score (nSPS) is 12.6. The second-order valence-corrected chi connectivity index (χ2v) is 3.62. The van der Waals surface area contributed by atoms with Crippen LogP contribution in [0.15, 0.2) is 0 Å². The summed E-state index contributed by atoms with van der Waals surface area (Å²) >= 11 is 0. The molecule has 0 aromatic rings. The number of amides is 2. The molecule has 2 amide bonds. The molecule has 1 unspecified atom stereocenters. The molecule has 0 saturated heterocycles. The van der Waals surface area contributed by atoms with Crippen LogP contribution in [0.4, 0.5) is 0 Å². The Morgan fingerprint density at radius 1 is 1.31 bits per heavy atom. The molecule has 0 aromatic heterocycles. The van der Waals surface area contributed by atoms with Crippen LogP contribution in [0.25, 0.3) is 0 Å². The van der Waals surface area contributed by atoms with Crippen molar-refractivity contribution in [3.8, 4) is 0 Å². The molecule has 0 aromatic carbocycles. The Balaban J connectivity index is 3.68. The lowest BCUT2D eigenvalue weighted by molar-refractivity contribution is -0.127. The molecule has 4 heteroatoms. The summed E-state index contributed by atoms with van der Waals surface area (Å²) in [6, 6.07) is -0.570. The highest BCUT2D eigenvalue weighted by Crippen LogP contribution is 2.02. The third-order valence-corrected chi connectivity index (χ3v) is 1.75. The van der Waals surface area contributed by atoms with Crippen molar-refractivity contribution in [2.75, 3.05) is 0 Å². The number of primary amides is 1. The van der Waals surface area contributed by atoms with Gasteiger partial charge < -0.3 is 11.1 Å². The Morgan fingerprint density at radius 2 is 1.85 bits per heavy atom. The van der Waals surface area contributed by atoms with Gasteiger partial charge in [-0.3, -0.25) is 9.59 Å². The SMILES string of the molecule is CC(C)CCC(=O)NC(C)C(N)=O. The lowest BCUT2D eigenvalue weighted by atomic mass is 10.1. The van der Waals surface area contributed by atoms with E-state index in [1.165, 1.54) is 0 Å². The van der Waals surface area contributed by atoms with E-state index in [2.05, 4.69) is 5.32 Å². The molecule has 0 aliphatic heterocycles. The number of nitrogens with two attached hydrogens (primary N) is 1. The van der Waals surface area contributed by atoms with Gasteiger partial charge >= 0.3 is 0 Å². The Hall–Kier alpha value is -1.06. The maximum Gasteiger partial charge on any atom is 0.239 e. The standard InChI is InChI=1S/C9H18N2O2/c1-6(2)4-5-8(12)11-7(3)9(10)13/h6-7H,4-5H2,1-3H3,(H2,10,13)(H,11,12). The van der Waals surface area contributed by atoms with Crippen molar-refractivity contribution in [1.29, 1.82) is 0 Å². The number of hydrogen-bond donors (Lipinski definition) is 2. The minimum atomic E-state index is -0.570. The number of rotatable bonds is 5. The van der Waals surface area contributed by atoms with Crippen LogP contribution in [0, 0.1) is 5.92 Å². The zero-order valence-electron chi connectivity index (χ0n) is 8.46. The number of hydrogen-bond acceptors (Lipinski definition) is 2. The van der Waals surface area contributed by atoms with E-state index in [0.29, 0.717) is 12.3 Å². The Bertz CT molecular complexity index is 190. The average molecular weight is 186 g/mol. The monoisotopic (exact) mass is 186 g/mol. The van der Waals surface area contributed by atoms with E-state index in [9.17, 15) is 9.59 Å². The van der Waals surface area contributed by atoms with Crippen molar-refractivity contribution in [2.24, 2.45) is 11.7 Å². The highest BCUT2D eigenvalue weighted by molar-refractivity contribution is 5.86. The molecular formula is C9H18N2O2. The first-order valence-corrected chi connectivity index (χ1v) is 4.52. The molecule has 0 bridgehead atoms. The van der Waals surface area contributed by atoms with E-state index < -0.39 is 11.9 Å². The van der Waals surface area contributed by atoms with Gasteiger partial charge in [0.25, 0.3) is 0 Å². The van der Waals surface area contributed by atoms with E-state index in [1.54, 1.807) is 6.92 Å². The number of carbonyl (C=O) groups is 2. The van der Waals surface area contributed by atoms with Crippen LogP contribution in [0.5, 0.6) is 0 Å². The fourth-order valence-corrected chi connectivity index (χ4v) is 0.805. The van der Waals surface area contributed by atoms with Crippen molar-refractivity contribution in [2.45, 2.75) is 39.7 Å². The fraction of sp³-hybridized carbons (Fsp3) is 0.778. The molecule has 0 rings (SSSR count). The van der Waals surface area contributed by atoms with Crippen LogP contribution in [0.3, 0.4) is 0 Å². The Labute approximate surface area is 78.9 Å². The average Bonchev–Trinajstić information content (AvgIpc) is 2.00. The summed E-state index contributed by atoms with van der Waals surface area (Å²) in [5.41, 5.74) is 4.99. The zero-order valence-corrected chi connectivity index (χ0v) is 8.46. The summed E-state index contributed by atoms with van der Waals surface area (Å²) in [7, 11) is 0. The van der Waals surface area contributed by atoms with Gasteiger partial charge in [0.1, 0.15) is 6.04 Å². The van der Waals surface area contributed by atoms with Gasteiger partial charge in [0.05, 0.1) is 0 Å². The van der Waals surface area contributed by atoms with Gasteiger partial charge in [-0.1, -0.05) is 13.8 Å². The summed E-state index contributed by atoms with van der Waals surface area (Å²) in [6.45, 7) is 5.67. The van der Waals surface area contributed by atoms with Crippen molar-refractivity contribution >= 4 is 11.8 Å². The van der Waals surface area contributed by atoms with Crippen molar-refractivity contribution in [3.63, 3.8) is 0 Å². The van der Waals surface area contributed by atoms with Crippen LogP contribution in [-0.2, 0) is 9.59 Å². The first kappa shape index (κ1) is 11.9. The number of nitrogens with one attached hydrogen (secondary N) is 1. The summed E-state index contributed by atoms with van der Waals surface area (Å²) in [5.74, 6) is -0.118. The van der Waals surface area contributed by atoms with Gasteiger partial charge in [0.2, 0.25) is 11.8 Å². The third-order valence-electron chi connectivity index (χ3n) is 1.75. The first-order valence-electron chi connectivity index (χ1n) is 4.52. The van der Waals surface area contributed by atoms with Gasteiger partial charge in [-0.05, 0) is 19.3 Å². The lowest BCUT2D eigenvalue weighted by Crippen LogP contribution is -2.42. The molecule has 1 atom stereocenters. The second-order valence-electron chi connectivity index (χ2n) is 3.62. The van der Waals surface area contributed by atoms with Crippen molar-refractivity contribution in [1.82, 2.24) is 5.32 Å². The fourth-order valence-electron chi connectivity index (χ4n) is 0.805. The molecule has 0 spiro atoms. The number of carbonyl (C=O) groups excluding carboxylic acids is 2. The van der Waals surface area contributed by atoms with E-state index in [0.717, 1.165) is 6.42 Å². The third kappa shape index (κ3) is 6.13. The minimum absolute atomic E-state index is 0.111. The van der Waals surface area contributed by atoms with E-state index >= 15 is 0 Å². The molecule has 0 fully saturated rings. The van der Waals surface area contributed by atoms with Crippen molar-refractivity contribution in [3.05, 3.63) is 0 Å². The van der Waals surface area contributed by atoms with Gasteiger partial charge in [0.15, 0.2) is 0 Å². The Morgan fingerprint density at radius 3 is 2.23 bits per heavy atom. The summed E-state index contributed by atoms with van der Waals surface area (Å²) in [5, 5.41) is 2.52. The zero-order chi connectivity index (χ0) is 10.4. The van der Waals surface area contributed by atoms with Crippen LogP contribution >= 0.6 is 0 Å². The first-order chi connectivity index (χ1) is 5.93. The lowest BCUT2D eigenvalue weighted by Gasteiger charge is -2.10. The predicted octanol–water partition coefficient (Wildman–Crippen LogP) is 0.413. The maximum absolute atomic E-state index is 11.1. The highest BCUT2D eigenvalue weighted by atomic mass is 16.2. The molecular weight excluding hydrogens is 168 g/mol. The van der Waals surface area contributed by atoms with Crippen LogP contribution in [0.2, 0.25) is 0 Å². The molecule has 13 heavy (non-hydrogen) atoms. The maximum atomic E-state index is 11.1. The highest BCUT2D eigenvalue weighted by Gasteiger charge is 2.11. The molecule has 4 nitrogen and oxygen atoms in total. The smallest absolute Gasteiger partial charge is 0.239 e. The van der Waals surface area contributed by atoms with Gasteiger partial charge in [0, 0.05) is 6.42 Å². The largest absolute Gasteiger partial charge is 0.368 e. The Kier molecular flexibility index (Phi) is 5.11. The van der Waals surface area contributed by atoms with Crippen LogP contribution < -0.4 is 11.1 Å².